The standard InChI is InChI=1S/C25H22O3/c1-16(2)28-25(26)21-14-12-17-8-4-6-10-19(17)23(21)24-20-11-7-5-9-18(20)13-15-22(24)27-3/h4-16H,1-3H3. The Morgan fingerprint density at radius 1 is 0.750 bits per heavy atom. The predicted octanol–water partition coefficient (Wildman–Crippen LogP) is 6.23. The highest BCUT2D eigenvalue weighted by Gasteiger charge is 2.22. The molecular formula is C25H22O3. The summed E-state index contributed by atoms with van der Waals surface area (Å²) in [5.74, 6) is 0.402. The SMILES string of the molecule is COc1ccc2ccccc2c1-c1c(C(=O)OC(C)C)ccc2ccccc12. The van der Waals surface area contributed by atoms with Crippen LogP contribution in [-0.2, 0) is 4.74 Å². The predicted molar refractivity (Wildman–Crippen MR) is 114 cm³/mol. The number of hydrogen-bond acceptors (Lipinski definition) is 3. The lowest BCUT2D eigenvalue weighted by Crippen LogP contribution is -2.13. The van der Waals surface area contributed by atoms with Crippen molar-refractivity contribution in [2.75, 3.05) is 7.11 Å². The third kappa shape index (κ3) is 3.09. The number of esters is 1. The fraction of sp³-hybridized carbons (Fsp3) is 0.160. The number of benzene rings is 4. The summed E-state index contributed by atoms with van der Waals surface area (Å²) in [6, 6.07) is 24.0. The Balaban J connectivity index is 2.14. The summed E-state index contributed by atoms with van der Waals surface area (Å²) in [5, 5.41) is 4.19. The van der Waals surface area contributed by atoms with Crippen LogP contribution in [0.25, 0.3) is 32.7 Å². The van der Waals surface area contributed by atoms with Gasteiger partial charge in [-0.3, -0.25) is 0 Å². The minimum atomic E-state index is -0.328. The lowest BCUT2D eigenvalue weighted by Gasteiger charge is -2.18. The first-order chi connectivity index (χ1) is 13.6. The van der Waals surface area contributed by atoms with Crippen molar-refractivity contribution in [3.05, 3.63) is 78.4 Å². The summed E-state index contributed by atoms with van der Waals surface area (Å²) in [6.07, 6.45) is -0.193. The summed E-state index contributed by atoms with van der Waals surface area (Å²) in [5.41, 5.74) is 2.30. The van der Waals surface area contributed by atoms with Crippen LogP contribution in [0.15, 0.2) is 72.8 Å². The molecule has 0 fully saturated rings. The van der Waals surface area contributed by atoms with E-state index in [0.29, 0.717) is 5.56 Å². The largest absolute Gasteiger partial charge is 0.496 e. The average molecular weight is 370 g/mol. The molecule has 0 aliphatic rings. The Morgan fingerprint density at radius 3 is 1.93 bits per heavy atom. The minimum absolute atomic E-state index is 0.193. The molecule has 0 aliphatic heterocycles. The smallest absolute Gasteiger partial charge is 0.339 e. The Bertz CT molecular complexity index is 1170. The number of hydrogen-bond donors (Lipinski definition) is 0. The van der Waals surface area contributed by atoms with Crippen molar-refractivity contribution in [1.82, 2.24) is 0 Å². The van der Waals surface area contributed by atoms with Crippen molar-refractivity contribution in [3.8, 4) is 16.9 Å². The molecule has 28 heavy (non-hydrogen) atoms. The van der Waals surface area contributed by atoms with E-state index in [2.05, 4.69) is 12.1 Å². The molecule has 3 heteroatoms. The molecule has 0 aliphatic carbocycles. The quantitative estimate of drug-likeness (QED) is 0.399. The van der Waals surface area contributed by atoms with Crippen LogP contribution in [0, 0.1) is 0 Å². The molecule has 3 nitrogen and oxygen atoms in total. The molecule has 0 aromatic heterocycles. The summed E-state index contributed by atoms with van der Waals surface area (Å²) in [4.78, 5) is 13.0. The van der Waals surface area contributed by atoms with Crippen molar-refractivity contribution >= 4 is 27.5 Å². The van der Waals surface area contributed by atoms with Crippen molar-refractivity contribution in [3.63, 3.8) is 0 Å². The molecule has 0 spiro atoms. The second-order valence-electron chi connectivity index (χ2n) is 7.03. The van der Waals surface area contributed by atoms with E-state index in [9.17, 15) is 4.79 Å². The number of rotatable bonds is 4. The molecular weight excluding hydrogens is 348 g/mol. The number of methoxy groups -OCH3 is 1. The highest BCUT2D eigenvalue weighted by molar-refractivity contribution is 6.14. The molecule has 4 aromatic carbocycles. The molecule has 4 rings (SSSR count). The van der Waals surface area contributed by atoms with Gasteiger partial charge in [0.1, 0.15) is 5.75 Å². The maximum Gasteiger partial charge on any atom is 0.339 e. The molecule has 0 bridgehead atoms. The molecule has 0 N–H and O–H groups in total. The van der Waals surface area contributed by atoms with Gasteiger partial charge in [-0.15, -0.1) is 0 Å². The van der Waals surface area contributed by atoms with Crippen molar-refractivity contribution < 1.29 is 14.3 Å². The van der Waals surface area contributed by atoms with E-state index in [1.54, 1.807) is 7.11 Å². The molecule has 140 valence electrons. The molecule has 0 amide bonds. The normalized spacial score (nSPS) is 11.1. The van der Waals surface area contributed by atoms with Crippen LogP contribution in [0.2, 0.25) is 0 Å². The van der Waals surface area contributed by atoms with Crippen molar-refractivity contribution in [1.29, 1.82) is 0 Å². The van der Waals surface area contributed by atoms with Gasteiger partial charge in [0.15, 0.2) is 0 Å². The van der Waals surface area contributed by atoms with Gasteiger partial charge in [0.25, 0.3) is 0 Å². The van der Waals surface area contributed by atoms with Crippen LogP contribution in [0.5, 0.6) is 5.75 Å². The number of fused-ring (bicyclic) bond motifs is 2. The van der Waals surface area contributed by atoms with Gasteiger partial charge in [-0.1, -0.05) is 60.7 Å². The van der Waals surface area contributed by atoms with Crippen molar-refractivity contribution in [2.24, 2.45) is 0 Å². The third-order valence-corrected chi connectivity index (χ3v) is 4.85. The first kappa shape index (κ1) is 18.1. The number of carbonyl (C=O) groups excluding carboxylic acids is 1. The van der Waals surface area contributed by atoms with E-state index in [1.807, 2.05) is 74.5 Å². The zero-order chi connectivity index (χ0) is 19.7. The van der Waals surface area contributed by atoms with E-state index in [1.165, 1.54) is 0 Å². The van der Waals surface area contributed by atoms with E-state index in [4.69, 9.17) is 9.47 Å². The molecule has 0 heterocycles. The molecule has 0 saturated carbocycles. The molecule has 0 radical (unpaired) electrons. The van der Waals surface area contributed by atoms with Crippen LogP contribution >= 0.6 is 0 Å². The van der Waals surface area contributed by atoms with Crippen LogP contribution in [0.1, 0.15) is 24.2 Å². The third-order valence-electron chi connectivity index (χ3n) is 4.85. The van der Waals surface area contributed by atoms with E-state index in [-0.39, 0.29) is 12.1 Å². The Hall–Kier alpha value is -3.33. The van der Waals surface area contributed by atoms with Gasteiger partial charge < -0.3 is 9.47 Å². The number of carbonyl (C=O) groups is 1. The number of ether oxygens (including phenoxy) is 2. The second-order valence-corrected chi connectivity index (χ2v) is 7.03. The zero-order valence-corrected chi connectivity index (χ0v) is 16.2. The first-order valence-electron chi connectivity index (χ1n) is 9.39. The second kappa shape index (κ2) is 7.35. The van der Waals surface area contributed by atoms with E-state index in [0.717, 1.165) is 38.4 Å². The monoisotopic (exact) mass is 370 g/mol. The Kier molecular flexibility index (Phi) is 4.74. The Morgan fingerprint density at radius 2 is 1.32 bits per heavy atom. The van der Waals surface area contributed by atoms with Crippen molar-refractivity contribution in [2.45, 2.75) is 20.0 Å². The van der Waals surface area contributed by atoms with Gasteiger partial charge in [-0.2, -0.15) is 0 Å². The lowest BCUT2D eigenvalue weighted by atomic mass is 9.89. The van der Waals surface area contributed by atoms with Crippen LogP contribution < -0.4 is 4.74 Å². The van der Waals surface area contributed by atoms with Gasteiger partial charge in [-0.25, -0.2) is 4.79 Å². The fourth-order valence-electron chi connectivity index (χ4n) is 3.67. The maximum absolute atomic E-state index is 13.0. The average Bonchev–Trinajstić information content (AvgIpc) is 2.71. The fourth-order valence-corrected chi connectivity index (χ4v) is 3.67. The molecule has 4 aromatic rings. The van der Waals surface area contributed by atoms with Gasteiger partial charge in [0, 0.05) is 11.1 Å². The Labute approximate surface area is 164 Å². The van der Waals surface area contributed by atoms with Crippen LogP contribution in [0.4, 0.5) is 0 Å². The highest BCUT2D eigenvalue weighted by atomic mass is 16.5. The van der Waals surface area contributed by atoms with Crippen LogP contribution in [-0.4, -0.2) is 19.2 Å². The van der Waals surface area contributed by atoms with E-state index >= 15 is 0 Å². The van der Waals surface area contributed by atoms with E-state index < -0.39 is 0 Å². The molecule has 0 unspecified atom stereocenters. The van der Waals surface area contributed by atoms with Gasteiger partial charge in [-0.05, 0) is 47.5 Å². The topological polar surface area (TPSA) is 35.5 Å². The highest BCUT2D eigenvalue weighted by Crippen LogP contribution is 2.42. The lowest BCUT2D eigenvalue weighted by molar-refractivity contribution is 0.0379. The van der Waals surface area contributed by atoms with Gasteiger partial charge in [0.2, 0.25) is 0 Å². The first-order valence-corrected chi connectivity index (χ1v) is 9.39. The van der Waals surface area contributed by atoms with Gasteiger partial charge >= 0.3 is 5.97 Å². The van der Waals surface area contributed by atoms with Gasteiger partial charge in [0.05, 0.1) is 18.8 Å². The molecule has 0 saturated heterocycles. The minimum Gasteiger partial charge on any atom is -0.496 e. The summed E-state index contributed by atoms with van der Waals surface area (Å²) < 4.78 is 11.3. The molecule has 0 atom stereocenters. The summed E-state index contributed by atoms with van der Waals surface area (Å²) in [7, 11) is 1.66. The maximum atomic E-state index is 13.0. The summed E-state index contributed by atoms with van der Waals surface area (Å²) in [6.45, 7) is 3.72. The zero-order valence-electron chi connectivity index (χ0n) is 16.2. The summed E-state index contributed by atoms with van der Waals surface area (Å²) >= 11 is 0. The van der Waals surface area contributed by atoms with Crippen LogP contribution in [0.3, 0.4) is 0 Å².